The van der Waals surface area contributed by atoms with Crippen LogP contribution in [-0.4, -0.2) is 29.6 Å². The number of halogens is 1. The van der Waals surface area contributed by atoms with E-state index in [0.717, 1.165) is 25.3 Å². The minimum atomic E-state index is 0.578. The van der Waals surface area contributed by atoms with Crippen LogP contribution in [0.5, 0.6) is 0 Å². The molecule has 78 valence electrons. The molecular weight excluding hydrogens is 200 g/mol. The molecule has 1 rings (SSSR count). The molecule has 0 unspecified atom stereocenters. The lowest BCUT2D eigenvalue weighted by Gasteiger charge is -2.22. The second-order valence-corrected chi connectivity index (χ2v) is 3.38. The summed E-state index contributed by atoms with van der Waals surface area (Å²) in [6, 6.07) is 0. The predicted octanol–water partition coefficient (Wildman–Crippen LogP) is 1.31. The molecule has 0 aliphatic heterocycles. The summed E-state index contributed by atoms with van der Waals surface area (Å²) in [7, 11) is 0. The maximum absolute atomic E-state index is 5.98. The second-order valence-electron chi connectivity index (χ2n) is 2.97. The maximum atomic E-state index is 5.98. The lowest BCUT2D eigenvalue weighted by atomic mass is 10.4. The largest absolute Gasteiger partial charge is 0.354 e. The van der Waals surface area contributed by atoms with Crippen molar-refractivity contribution in [1.82, 2.24) is 9.97 Å². The molecule has 0 amide bonds. The van der Waals surface area contributed by atoms with Crippen LogP contribution in [0.1, 0.15) is 13.3 Å². The van der Waals surface area contributed by atoms with Crippen molar-refractivity contribution < 1.29 is 0 Å². The fourth-order valence-electron chi connectivity index (χ4n) is 1.29. The third kappa shape index (κ3) is 2.82. The van der Waals surface area contributed by atoms with Crippen LogP contribution in [0.3, 0.4) is 0 Å². The van der Waals surface area contributed by atoms with Gasteiger partial charge in [-0.25, -0.2) is 9.97 Å². The van der Waals surface area contributed by atoms with Gasteiger partial charge in [0.05, 0.1) is 6.20 Å². The van der Waals surface area contributed by atoms with Crippen LogP contribution >= 0.6 is 11.6 Å². The average molecular weight is 215 g/mol. The van der Waals surface area contributed by atoms with E-state index in [2.05, 4.69) is 21.8 Å². The average Bonchev–Trinajstić information content (AvgIpc) is 2.18. The monoisotopic (exact) mass is 214 g/mol. The van der Waals surface area contributed by atoms with Crippen molar-refractivity contribution >= 4 is 17.4 Å². The summed E-state index contributed by atoms with van der Waals surface area (Å²) in [6.45, 7) is 4.39. The Morgan fingerprint density at radius 3 is 2.86 bits per heavy atom. The standard InChI is InChI=1S/C9H15ClN4/c1-2-4-14(5-3-11)9-8(10)6-12-7-13-9/h6-7H,2-5,11H2,1H3. The fourth-order valence-corrected chi connectivity index (χ4v) is 1.51. The molecule has 0 bridgehead atoms. The van der Waals surface area contributed by atoms with Crippen molar-refractivity contribution in [1.29, 1.82) is 0 Å². The Morgan fingerprint density at radius 1 is 1.50 bits per heavy atom. The van der Waals surface area contributed by atoms with E-state index in [0.29, 0.717) is 11.6 Å². The highest BCUT2D eigenvalue weighted by molar-refractivity contribution is 6.32. The van der Waals surface area contributed by atoms with Gasteiger partial charge in [-0.2, -0.15) is 0 Å². The molecular formula is C9H15ClN4. The van der Waals surface area contributed by atoms with Crippen molar-refractivity contribution in [3.63, 3.8) is 0 Å². The predicted molar refractivity (Wildman–Crippen MR) is 58.6 cm³/mol. The minimum absolute atomic E-state index is 0.578. The van der Waals surface area contributed by atoms with Gasteiger partial charge in [0.1, 0.15) is 11.3 Å². The molecule has 1 aromatic heterocycles. The van der Waals surface area contributed by atoms with Crippen molar-refractivity contribution in [3.8, 4) is 0 Å². The number of aromatic nitrogens is 2. The van der Waals surface area contributed by atoms with Gasteiger partial charge in [-0.15, -0.1) is 0 Å². The van der Waals surface area contributed by atoms with Crippen LogP contribution in [0.2, 0.25) is 5.02 Å². The highest BCUT2D eigenvalue weighted by Crippen LogP contribution is 2.20. The molecule has 0 aliphatic rings. The van der Waals surface area contributed by atoms with Crippen molar-refractivity contribution in [2.24, 2.45) is 5.73 Å². The minimum Gasteiger partial charge on any atom is -0.354 e. The van der Waals surface area contributed by atoms with Crippen LogP contribution in [0, 0.1) is 0 Å². The van der Waals surface area contributed by atoms with E-state index in [9.17, 15) is 0 Å². The highest BCUT2D eigenvalue weighted by atomic mass is 35.5. The van der Waals surface area contributed by atoms with E-state index < -0.39 is 0 Å². The molecule has 0 aliphatic carbocycles. The van der Waals surface area contributed by atoms with Crippen molar-refractivity contribution in [2.75, 3.05) is 24.5 Å². The van der Waals surface area contributed by atoms with Gasteiger partial charge in [0.2, 0.25) is 0 Å². The van der Waals surface area contributed by atoms with E-state index in [-0.39, 0.29) is 0 Å². The summed E-state index contributed by atoms with van der Waals surface area (Å²) in [6.07, 6.45) is 4.14. The SMILES string of the molecule is CCCN(CCN)c1ncncc1Cl. The van der Waals surface area contributed by atoms with Crippen LogP contribution in [0.15, 0.2) is 12.5 Å². The maximum Gasteiger partial charge on any atom is 0.150 e. The lowest BCUT2D eigenvalue weighted by Crippen LogP contribution is -2.31. The summed E-state index contributed by atoms with van der Waals surface area (Å²) < 4.78 is 0. The topological polar surface area (TPSA) is 55.0 Å². The number of anilines is 1. The first-order chi connectivity index (χ1) is 6.79. The zero-order chi connectivity index (χ0) is 10.4. The van der Waals surface area contributed by atoms with Gasteiger partial charge in [0, 0.05) is 19.6 Å². The van der Waals surface area contributed by atoms with Gasteiger partial charge in [-0.3, -0.25) is 0 Å². The van der Waals surface area contributed by atoms with Gasteiger partial charge in [-0.1, -0.05) is 18.5 Å². The zero-order valence-corrected chi connectivity index (χ0v) is 9.04. The van der Waals surface area contributed by atoms with E-state index in [1.54, 1.807) is 6.20 Å². The molecule has 1 heterocycles. The Kier molecular flexibility index (Phi) is 4.62. The summed E-state index contributed by atoms with van der Waals surface area (Å²) in [5.74, 6) is 0.772. The first kappa shape index (κ1) is 11.2. The number of hydrogen-bond donors (Lipinski definition) is 1. The molecule has 0 saturated heterocycles. The fraction of sp³-hybridized carbons (Fsp3) is 0.556. The first-order valence-corrected chi connectivity index (χ1v) is 5.08. The van der Waals surface area contributed by atoms with Crippen LogP contribution in [0.25, 0.3) is 0 Å². The third-order valence-electron chi connectivity index (χ3n) is 1.84. The summed E-state index contributed by atoms with van der Waals surface area (Å²) in [5.41, 5.74) is 5.52. The quantitative estimate of drug-likeness (QED) is 0.803. The summed E-state index contributed by atoms with van der Waals surface area (Å²) in [4.78, 5) is 10.1. The van der Waals surface area contributed by atoms with E-state index >= 15 is 0 Å². The molecule has 1 aromatic rings. The van der Waals surface area contributed by atoms with E-state index in [4.69, 9.17) is 17.3 Å². The van der Waals surface area contributed by atoms with Gasteiger partial charge < -0.3 is 10.6 Å². The molecule has 2 N–H and O–H groups in total. The van der Waals surface area contributed by atoms with Crippen LogP contribution in [-0.2, 0) is 0 Å². The molecule has 0 aromatic carbocycles. The normalized spacial score (nSPS) is 10.2. The Morgan fingerprint density at radius 2 is 2.29 bits per heavy atom. The highest BCUT2D eigenvalue weighted by Gasteiger charge is 2.09. The molecule has 0 saturated carbocycles. The summed E-state index contributed by atoms with van der Waals surface area (Å²) in [5, 5.41) is 0.578. The Bertz CT molecular complexity index is 273. The lowest BCUT2D eigenvalue weighted by molar-refractivity contribution is 0.749. The number of nitrogens with two attached hydrogens (primary N) is 1. The number of hydrogen-bond acceptors (Lipinski definition) is 4. The number of nitrogens with zero attached hydrogens (tertiary/aromatic N) is 3. The van der Waals surface area contributed by atoms with Crippen LogP contribution < -0.4 is 10.6 Å². The van der Waals surface area contributed by atoms with Gasteiger partial charge in [-0.05, 0) is 6.42 Å². The number of rotatable bonds is 5. The molecule has 5 heteroatoms. The van der Waals surface area contributed by atoms with Crippen molar-refractivity contribution in [3.05, 3.63) is 17.5 Å². The zero-order valence-electron chi connectivity index (χ0n) is 8.28. The molecule has 0 spiro atoms. The molecule has 0 radical (unpaired) electrons. The smallest absolute Gasteiger partial charge is 0.150 e. The Labute approximate surface area is 89.1 Å². The van der Waals surface area contributed by atoms with Gasteiger partial charge >= 0.3 is 0 Å². The summed E-state index contributed by atoms with van der Waals surface area (Å²) >= 11 is 5.98. The van der Waals surface area contributed by atoms with Crippen LogP contribution in [0.4, 0.5) is 5.82 Å². The Hall–Kier alpha value is -0.870. The molecule has 14 heavy (non-hydrogen) atoms. The van der Waals surface area contributed by atoms with E-state index in [1.165, 1.54) is 6.33 Å². The third-order valence-corrected chi connectivity index (χ3v) is 2.11. The molecule has 0 fully saturated rings. The first-order valence-electron chi connectivity index (χ1n) is 4.70. The van der Waals surface area contributed by atoms with E-state index in [1.807, 2.05) is 0 Å². The second kappa shape index (κ2) is 5.78. The molecule has 4 nitrogen and oxygen atoms in total. The van der Waals surface area contributed by atoms with Gasteiger partial charge in [0.25, 0.3) is 0 Å². The molecule has 0 atom stereocenters. The Balaban J connectivity index is 2.81. The van der Waals surface area contributed by atoms with Crippen molar-refractivity contribution in [2.45, 2.75) is 13.3 Å². The van der Waals surface area contributed by atoms with Gasteiger partial charge in [0.15, 0.2) is 5.82 Å².